The van der Waals surface area contributed by atoms with Crippen molar-refractivity contribution in [3.63, 3.8) is 0 Å². The van der Waals surface area contributed by atoms with Gasteiger partial charge in [0.2, 0.25) is 0 Å². The Morgan fingerprint density at radius 2 is 2.00 bits per heavy atom. The van der Waals surface area contributed by atoms with Crippen molar-refractivity contribution in [2.24, 2.45) is 0 Å². The van der Waals surface area contributed by atoms with Crippen molar-refractivity contribution in [1.29, 1.82) is 0 Å². The zero-order chi connectivity index (χ0) is 12.4. The summed E-state index contributed by atoms with van der Waals surface area (Å²) in [5.74, 6) is -0.0885. The van der Waals surface area contributed by atoms with E-state index in [0.29, 0.717) is 0 Å². The smallest absolute Gasteiger partial charge is 0.307 e. The molecule has 0 spiro atoms. The summed E-state index contributed by atoms with van der Waals surface area (Å²) < 4.78 is 6.06. The van der Waals surface area contributed by atoms with Gasteiger partial charge in [0.1, 0.15) is 5.75 Å². The second-order valence-corrected chi connectivity index (χ2v) is 4.46. The van der Waals surface area contributed by atoms with Gasteiger partial charge in [0, 0.05) is 0 Å². The molecule has 2 aromatic carbocycles. The summed E-state index contributed by atoms with van der Waals surface area (Å²) in [5.41, 5.74) is 0.804. The number of methoxy groups -OCH3 is 1. The van der Waals surface area contributed by atoms with Gasteiger partial charge in [-0.1, -0.05) is 31.7 Å². The fourth-order valence-corrected chi connectivity index (χ4v) is 2.48. The molecule has 0 saturated carbocycles. The molecule has 0 unspecified atom stereocenters. The van der Waals surface area contributed by atoms with Crippen LogP contribution in [0.25, 0.3) is 10.8 Å². The van der Waals surface area contributed by atoms with E-state index in [1.54, 1.807) is 7.11 Å². The fraction of sp³-hybridized carbons (Fsp3) is 0.214. The van der Waals surface area contributed by atoms with E-state index in [1.807, 2.05) is 30.3 Å². The van der Waals surface area contributed by atoms with Gasteiger partial charge in [0.25, 0.3) is 0 Å². The number of aliphatic carboxylic acids is 1. The van der Waals surface area contributed by atoms with Crippen LogP contribution in [0.5, 0.6) is 5.75 Å². The molecule has 0 aromatic heterocycles. The van der Waals surface area contributed by atoms with E-state index >= 15 is 0 Å². The number of carboxylic acid groups (broad SMARTS) is 1. The van der Waals surface area contributed by atoms with Gasteiger partial charge in [-0.25, -0.2) is 0 Å². The van der Waals surface area contributed by atoms with Crippen LogP contribution in [-0.2, 0) is 11.2 Å². The third-order valence-electron chi connectivity index (χ3n) is 2.61. The van der Waals surface area contributed by atoms with Crippen LogP contribution in [-0.4, -0.2) is 18.2 Å². The summed E-state index contributed by atoms with van der Waals surface area (Å²) in [5, 5.41) is 10.8. The molecule has 18 heavy (non-hydrogen) atoms. The molecule has 0 aliphatic carbocycles. The number of halogens is 1. The lowest BCUT2D eigenvalue weighted by Gasteiger charge is -2.09. The van der Waals surface area contributed by atoms with Gasteiger partial charge in [-0.2, -0.15) is 0 Å². The summed E-state index contributed by atoms with van der Waals surface area (Å²) in [4.78, 5) is 10.8. The lowest BCUT2D eigenvalue weighted by Crippen LogP contribution is -2.00. The molecule has 4 heteroatoms. The maximum absolute atomic E-state index is 10.8. The SMILES string of the molecule is C.COc1ccc2c(CC(=O)O)cccc2c1Br. The van der Waals surface area contributed by atoms with Gasteiger partial charge in [0.05, 0.1) is 18.0 Å². The molecule has 0 atom stereocenters. The van der Waals surface area contributed by atoms with Gasteiger partial charge in [0.15, 0.2) is 0 Å². The van der Waals surface area contributed by atoms with Crippen LogP contribution in [0.1, 0.15) is 13.0 Å². The Hall–Kier alpha value is -1.55. The van der Waals surface area contributed by atoms with E-state index in [1.165, 1.54) is 0 Å². The lowest BCUT2D eigenvalue weighted by atomic mass is 10.0. The van der Waals surface area contributed by atoms with Gasteiger partial charge >= 0.3 is 5.97 Å². The minimum atomic E-state index is -0.829. The van der Waals surface area contributed by atoms with E-state index in [0.717, 1.165) is 26.6 Å². The first-order valence-corrected chi connectivity index (χ1v) is 5.88. The monoisotopic (exact) mass is 310 g/mol. The summed E-state index contributed by atoms with van der Waals surface area (Å²) in [7, 11) is 1.60. The number of hydrogen-bond acceptors (Lipinski definition) is 2. The Balaban J connectivity index is 0.00000162. The molecule has 2 rings (SSSR count). The average molecular weight is 311 g/mol. The first-order chi connectivity index (χ1) is 8.13. The molecule has 96 valence electrons. The maximum atomic E-state index is 10.8. The normalized spacial score (nSPS) is 9.89. The van der Waals surface area contributed by atoms with Crippen molar-refractivity contribution >= 4 is 32.7 Å². The molecular formula is C14H15BrO3. The molecule has 0 radical (unpaired) electrons. The van der Waals surface area contributed by atoms with Crippen molar-refractivity contribution < 1.29 is 14.6 Å². The number of fused-ring (bicyclic) bond motifs is 1. The second-order valence-electron chi connectivity index (χ2n) is 3.66. The molecule has 0 heterocycles. The standard InChI is InChI=1S/C13H11BrO3.CH4/c1-17-11-6-5-9-8(7-12(15)16)3-2-4-10(9)13(11)14;/h2-6H,7H2,1H3,(H,15,16);1H4. The van der Waals surface area contributed by atoms with Crippen LogP contribution >= 0.6 is 15.9 Å². The van der Waals surface area contributed by atoms with E-state index < -0.39 is 5.97 Å². The highest BCUT2D eigenvalue weighted by atomic mass is 79.9. The van der Waals surface area contributed by atoms with Crippen LogP contribution in [0.2, 0.25) is 0 Å². The summed E-state index contributed by atoms with van der Waals surface area (Å²) in [6.45, 7) is 0. The molecule has 0 aliphatic heterocycles. The molecule has 3 nitrogen and oxygen atoms in total. The molecular weight excluding hydrogens is 296 g/mol. The van der Waals surface area contributed by atoms with Crippen molar-refractivity contribution in [3.8, 4) is 5.75 Å². The maximum Gasteiger partial charge on any atom is 0.307 e. The predicted octanol–water partition coefficient (Wildman–Crippen LogP) is 3.87. The predicted molar refractivity (Wildman–Crippen MR) is 76.3 cm³/mol. The Labute approximate surface area is 115 Å². The topological polar surface area (TPSA) is 46.5 Å². The fourth-order valence-electron chi connectivity index (χ4n) is 1.84. The first-order valence-electron chi connectivity index (χ1n) is 5.09. The number of hydrogen-bond donors (Lipinski definition) is 1. The number of carbonyl (C=O) groups is 1. The molecule has 0 fully saturated rings. The number of carboxylic acids is 1. The van der Waals surface area contributed by atoms with E-state index in [-0.39, 0.29) is 13.8 Å². The van der Waals surface area contributed by atoms with Crippen molar-refractivity contribution in [2.45, 2.75) is 13.8 Å². The van der Waals surface area contributed by atoms with E-state index in [2.05, 4.69) is 15.9 Å². The number of ether oxygens (including phenoxy) is 1. The third kappa shape index (κ3) is 2.64. The average Bonchev–Trinajstić information content (AvgIpc) is 2.30. The Bertz CT molecular complexity index is 579. The van der Waals surface area contributed by atoms with Crippen molar-refractivity contribution in [2.75, 3.05) is 7.11 Å². The van der Waals surface area contributed by atoms with E-state index in [9.17, 15) is 4.79 Å². The third-order valence-corrected chi connectivity index (χ3v) is 3.43. The van der Waals surface area contributed by atoms with Crippen molar-refractivity contribution in [1.82, 2.24) is 0 Å². The molecule has 0 aliphatic rings. The van der Waals surface area contributed by atoms with Crippen molar-refractivity contribution in [3.05, 3.63) is 40.4 Å². The largest absolute Gasteiger partial charge is 0.496 e. The lowest BCUT2D eigenvalue weighted by molar-refractivity contribution is -0.136. The molecule has 0 saturated heterocycles. The van der Waals surface area contributed by atoms with Crippen LogP contribution < -0.4 is 4.74 Å². The van der Waals surface area contributed by atoms with Crippen LogP contribution in [0, 0.1) is 0 Å². The van der Waals surface area contributed by atoms with Gasteiger partial charge in [-0.3, -0.25) is 4.79 Å². The summed E-state index contributed by atoms with van der Waals surface area (Å²) in [6.07, 6.45) is 0.0239. The number of rotatable bonds is 3. The number of benzene rings is 2. The first kappa shape index (κ1) is 14.5. The second kappa shape index (κ2) is 5.87. The van der Waals surface area contributed by atoms with E-state index in [4.69, 9.17) is 9.84 Å². The zero-order valence-electron chi connectivity index (χ0n) is 9.24. The quantitative estimate of drug-likeness (QED) is 0.936. The highest BCUT2D eigenvalue weighted by Gasteiger charge is 2.10. The minimum absolute atomic E-state index is 0. The zero-order valence-corrected chi connectivity index (χ0v) is 10.8. The van der Waals surface area contributed by atoms with Gasteiger partial charge < -0.3 is 9.84 Å². The Morgan fingerprint density at radius 3 is 2.61 bits per heavy atom. The Morgan fingerprint density at radius 1 is 1.28 bits per heavy atom. The van der Waals surface area contributed by atoms with Gasteiger partial charge in [-0.05, 0) is 38.3 Å². The minimum Gasteiger partial charge on any atom is -0.496 e. The van der Waals surface area contributed by atoms with Crippen LogP contribution in [0.15, 0.2) is 34.8 Å². The Kier molecular flexibility index (Phi) is 4.73. The highest BCUT2D eigenvalue weighted by molar-refractivity contribution is 9.10. The molecule has 1 N–H and O–H groups in total. The molecule has 2 aromatic rings. The summed E-state index contributed by atoms with van der Waals surface area (Å²) in [6, 6.07) is 9.34. The highest BCUT2D eigenvalue weighted by Crippen LogP contribution is 2.34. The van der Waals surface area contributed by atoms with Crippen LogP contribution in [0.3, 0.4) is 0 Å². The summed E-state index contributed by atoms with van der Waals surface area (Å²) >= 11 is 3.47. The molecule has 0 bridgehead atoms. The van der Waals surface area contributed by atoms with Gasteiger partial charge in [-0.15, -0.1) is 0 Å². The molecule has 0 amide bonds. The van der Waals surface area contributed by atoms with Crippen LogP contribution in [0.4, 0.5) is 0 Å².